The Morgan fingerprint density at radius 1 is 0.833 bits per heavy atom. The van der Waals surface area contributed by atoms with Crippen LogP contribution < -0.4 is 10.6 Å². The van der Waals surface area contributed by atoms with Gasteiger partial charge in [0.15, 0.2) is 5.76 Å². The highest BCUT2D eigenvalue weighted by molar-refractivity contribution is 6.03. The zero-order chi connectivity index (χ0) is 16.8. The van der Waals surface area contributed by atoms with Gasteiger partial charge in [-0.2, -0.15) is 0 Å². The van der Waals surface area contributed by atoms with Gasteiger partial charge in [-0.1, -0.05) is 0 Å². The number of carbonyl (C=O) groups excluding carboxylic acids is 2. The third kappa shape index (κ3) is 4.01. The van der Waals surface area contributed by atoms with Crippen molar-refractivity contribution < 1.29 is 18.4 Å². The van der Waals surface area contributed by atoms with Crippen molar-refractivity contribution in [2.45, 2.75) is 0 Å². The lowest BCUT2D eigenvalue weighted by molar-refractivity contribution is -0.111. The van der Waals surface area contributed by atoms with Crippen LogP contribution in [0.4, 0.5) is 11.4 Å². The van der Waals surface area contributed by atoms with Crippen molar-refractivity contribution in [1.82, 2.24) is 0 Å². The molecule has 120 valence electrons. The van der Waals surface area contributed by atoms with Crippen LogP contribution in [0.3, 0.4) is 0 Å². The summed E-state index contributed by atoms with van der Waals surface area (Å²) in [7, 11) is 0. The maximum absolute atomic E-state index is 11.8. The molecule has 0 radical (unpaired) electrons. The molecule has 0 saturated carbocycles. The number of hydrogen-bond acceptors (Lipinski definition) is 4. The lowest BCUT2D eigenvalue weighted by atomic mass is 10.2. The molecule has 0 spiro atoms. The van der Waals surface area contributed by atoms with Crippen LogP contribution in [-0.2, 0) is 4.79 Å². The summed E-state index contributed by atoms with van der Waals surface area (Å²) in [6, 6.07) is 13.5. The molecule has 3 aromatic rings. The van der Waals surface area contributed by atoms with Crippen LogP contribution in [0.1, 0.15) is 16.3 Å². The normalized spacial score (nSPS) is 10.7. The summed E-state index contributed by atoms with van der Waals surface area (Å²) in [5, 5.41) is 5.41. The highest BCUT2D eigenvalue weighted by Crippen LogP contribution is 2.15. The van der Waals surface area contributed by atoms with E-state index < -0.39 is 0 Å². The van der Waals surface area contributed by atoms with Crippen LogP contribution in [0.2, 0.25) is 0 Å². The van der Waals surface area contributed by atoms with E-state index in [-0.39, 0.29) is 17.6 Å². The average Bonchev–Trinajstić information content (AvgIpc) is 3.28. The number of nitrogens with one attached hydrogen (secondary N) is 2. The molecule has 2 amide bonds. The molecule has 0 aliphatic carbocycles. The predicted octanol–water partition coefficient (Wildman–Crippen LogP) is 3.78. The molecule has 0 atom stereocenters. The van der Waals surface area contributed by atoms with E-state index in [9.17, 15) is 9.59 Å². The fourth-order valence-electron chi connectivity index (χ4n) is 1.97. The second-order valence-electron chi connectivity index (χ2n) is 4.85. The highest BCUT2D eigenvalue weighted by Gasteiger charge is 2.08. The van der Waals surface area contributed by atoms with Gasteiger partial charge in [-0.25, -0.2) is 0 Å². The first-order chi connectivity index (χ1) is 11.7. The van der Waals surface area contributed by atoms with E-state index in [4.69, 9.17) is 8.83 Å². The van der Waals surface area contributed by atoms with Crippen LogP contribution in [0.5, 0.6) is 0 Å². The number of anilines is 2. The van der Waals surface area contributed by atoms with Gasteiger partial charge in [0.2, 0.25) is 5.91 Å². The molecule has 3 rings (SSSR count). The molecule has 0 unspecified atom stereocenters. The lowest BCUT2D eigenvalue weighted by Gasteiger charge is -2.05. The van der Waals surface area contributed by atoms with E-state index in [1.54, 1.807) is 54.6 Å². The van der Waals surface area contributed by atoms with Gasteiger partial charge >= 0.3 is 0 Å². The van der Waals surface area contributed by atoms with E-state index in [2.05, 4.69) is 10.6 Å². The first-order valence-electron chi connectivity index (χ1n) is 7.18. The van der Waals surface area contributed by atoms with E-state index >= 15 is 0 Å². The highest BCUT2D eigenvalue weighted by atomic mass is 16.3. The molecule has 0 aliphatic heterocycles. The Balaban J connectivity index is 1.56. The number of rotatable bonds is 5. The van der Waals surface area contributed by atoms with E-state index in [0.717, 1.165) is 0 Å². The monoisotopic (exact) mass is 322 g/mol. The van der Waals surface area contributed by atoms with Crippen LogP contribution in [0.15, 0.2) is 76.0 Å². The Morgan fingerprint density at radius 2 is 1.50 bits per heavy atom. The van der Waals surface area contributed by atoms with Crippen molar-refractivity contribution in [3.63, 3.8) is 0 Å². The number of carbonyl (C=O) groups is 2. The average molecular weight is 322 g/mol. The largest absolute Gasteiger partial charge is 0.465 e. The summed E-state index contributed by atoms with van der Waals surface area (Å²) >= 11 is 0. The van der Waals surface area contributed by atoms with Gasteiger partial charge in [0, 0.05) is 17.5 Å². The molecule has 24 heavy (non-hydrogen) atoms. The lowest BCUT2D eigenvalue weighted by Crippen LogP contribution is -2.11. The molecule has 1 aromatic carbocycles. The van der Waals surface area contributed by atoms with Gasteiger partial charge in [-0.15, -0.1) is 0 Å². The summed E-state index contributed by atoms with van der Waals surface area (Å²) in [5.41, 5.74) is 1.21. The van der Waals surface area contributed by atoms with E-state index in [0.29, 0.717) is 17.1 Å². The van der Waals surface area contributed by atoms with Crippen molar-refractivity contribution >= 4 is 29.3 Å². The minimum atomic E-state index is -0.335. The second kappa shape index (κ2) is 7.15. The molecule has 0 bridgehead atoms. The SMILES string of the molecule is O=C(C=Cc1ccco1)Nc1ccc(NC(=O)c2ccco2)cc1. The van der Waals surface area contributed by atoms with Crippen molar-refractivity contribution in [2.24, 2.45) is 0 Å². The summed E-state index contributed by atoms with van der Waals surface area (Å²) in [6.07, 6.45) is 5.93. The van der Waals surface area contributed by atoms with Gasteiger partial charge in [-0.05, 0) is 54.6 Å². The maximum Gasteiger partial charge on any atom is 0.291 e. The fraction of sp³-hybridized carbons (Fsp3) is 0. The molecule has 2 heterocycles. The third-order valence-electron chi connectivity index (χ3n) is 3.10. The Labute approximate surface area is 137 Å². The summed E-state index contributed by atoms with van der Waals surface area (Å²) in [6.45, 7) is 0. The standard InChI is InChI=1S/C18H14N2O4/c21-17(10-9-15-3-1-11-23-15)19-13-5-7-14(8-6-13)20-18(22)16-4-2-12-24-16/h1-12H,(H,19,21)(H,20,22). The summed E-state index contributed by atoms with van der Waals surface area (Å²) in [5.74, 6) is 0.216. The molecular formula is C18H14N2O4. The number of furan rings is 2. The number of hydrogen-bond donors (Lipinski definition) is 2. The Kier molecular flexibility index (Phi) is 4.57. The predicted molar refractivity (Wildman–Crippen MR) is 89.5 cm³/mol. The number of amides is 2. The smallest absolute Gasteiger partial charge is 0.291 e. The van der Waals surface area contributed by atoms with Gasteiger partial charge in [-0.3, -0.25) is 9.59 Å². The Bertz CT molecular complexity index is 832. The van der Waals surface area contributed by atoms with Gasteiger partial charge in [0.05, 0.1) is 12.5 Å². The van der Waals surface area contributed by atoms with E-state index in [1.807, 2.05) is 0 Å². The molecular weight excluding hydrogens is 308 g/mol. The maximum atomic E-state index is 11.8. The van der Waals surface area contributed by atoms with Crippen molar-refractivity contribution in [3.05, 3.63) is 78.7 Å². The molecule has 0 fully saturated rings. The molecule has 6 nitrogen and oxygen atoms in total. The van der Waals surface area contributed by atoms with Gasteiger partial charge in [0.1, 0.15) is 5.76 Å². The summed E-state index contributed by atoms with van der Waals surface area (Å²) < 4.78 is 10.1. The van der Waals surface area contributed by atoms with Gasteiger partial charge in [0.25, 0.3) is 5.91 Å². The van der Waals surface area contributed by atoms with Crippen molar-refractivity contribution in [3.8, 4) is 0 Å². The molecule has 0 aliphatic rings. The minimum absolute atomic E-state index is 0.232. The first kappa shape index (κ1) is 15.4. The fourth-order valence-corrected chi connectivity index (χ4v) is 1.97. The van der Waals surface area contributed by atoms with E-state index in [1.165, 1.54) is 18.6 Å². The van der Waals surface area contributed by atoms with Crippen molar-refractivity contribution in [2.75, 3.05) is 10.6 Å². The topological polar surface area (TPSA) is 84.5 Å². The third-order valence-corrected chi connectivity index (χ3v) is 3.10. The zero-order valence-electron chi connectivity index (χ0n) is 12.6. The molecule has 2 N–H and O–H groups in total. The van der Waals surface area contributed by atoms with Crippen LogP contribution in [0, 0.1) is 0 Å². The first-order valence-corrected chi connectivity index (χ1v) is 7.18. The van der Waals surface area contributed by atoms with Crippen molar-refractivity contribution in [1.29, 1.82) is 0 Å². The van der Waals surface area contributed by atoms with Crippen LogP contribution in [-0.4, -0.2) is 11.8 Å². The van der Waals surface area contributed by atoms with Gasteiger partial charge < -0.3 is 19.5 Å². The molecule has 0 saturated heterocycles. The molecule has 2 aromatic heterocycles. The quantitative estimate of drug-likeness (QED) is 0.700. The second-order valence-corrected chi connectivity index (χ2v) is 4.85. The molecule has 6 heteroatoms. The van der Waals surface area contributed by atoms with Crippen LogP contribution in [0.25, 0.3) is 6.08 Å². The Hall–Kier alpha value is -3.54. The minimum Gasteiger partial charge on any atom is -0.465 e. The Morgan fingerprint density at radius 3 is 2.12 bits per heavy atom. The number of benzene rings is 1. The van der Waals surface area contributed by atoms with Crippen LogP contribution >= 0.6 is 0 Å². The zero-order valence-corrected chi connectivity index (χ0v) is 12.6. The summed E-state index contributed by atoms with van der Waals surface area (Å²) in [4.78, 5) is 23.6.